The van der Waals surface area contributed by atoms with Gasteiger partial charge >= 0.3 is 0 Å². The zero-order valence-electron chi connectivity index (χ0n) is 14.4. The Morgan fingerprint density at radius 3 is 2.80 bits per heavy atom. The van der Waals surface area contributed by atoms with Gasteiger partial charge < -0.3 is 9.80 Å². The molecule has 0 radical (unpaired) electrons. The van der Waals surface area contributed by atoms with Gasteiger partial charge in [0.2, 0.25) is 5.91 Å². The average Bonchev–Trinajstić information content (AvgIpc) is 3.25. The van der Waals surface area contributed by atoms with Gasteiger partial charge in [0.15, 0.2) is 0 Å². The van der Waals surface area contributed by atoms with E-state index in [0.717, 1.165) is 42.7 Å². The molecule has 0 N–H and O–H groups in total. The van der Waals surface area contributed by atoms with Gasteiger partial charge in [-0.15, -0.1) is 22.7 Å². The summed E-state index contributed by atoms with van der Waals surface area (Å²) in [5.41, 5.74) is 2.09. The Kier molecular flexibility index (Phi) is 4.65. The largest absolute Gasteiger partial charge is 0.334 e. The van der Waals surface area contributed by atoms with Crippen LogP contribution in [0.5, 0.6) is 0 Å². The van der Waals surface area contributed by atoms with Crippen molar-refractivity contribution < 1.29 is 9.59 Å². The number of hydrogen-bond donors (Lipinski definition) is 0. The van der Waals surface area contributed by atoms with E-state index < -0.39 is 0 Å². The van der Waals surface area contributed by atoms with Gasteiger partial charge in [0.25, 0.3) is 5.91 Å². The molecule has 25 heavy (non-hydrogen) atoms. The van der Waals surface area contributed by atoms with Crippen molar-refractivity contribution in [2.45, 2.75) is 38.6 Å². The Hall–Kier alpha value is -1.66. The Morgan fingerprint density at radius 1 is 1.16 bits per heavy atom. The highest BCUT2D eigenvalue weighted by Crippen LogP contribution is 2.35. The third-order valence-corrected chi connectivity index (χ3v) is 7.20. The van der Waals surface area contributed by atoms with Gasteiger partial charge in [-0.25, -0.2) is 0 Å². The van der Waals surface area contributed by atoms with Crippen molar-refractivity contribution >= 4 is 34.5 Å². The minimum Gasteiger partial charge on any atom is -0.334 e. The third-order valence-electron chi connectivity index (χ3n) is 5.22. The molecule has 4 nitrogen and oxygen atoms in total. The minimum absolute atomic E-state index is 0.0170. The molecule has 0 bridgehead atoms. The van der Waals surface area contributed by atoms with Crippen LogP contribution in [0.3, 0.4) is 0 Å². The van der Waals surface area contributed by atoms with E-state index in [1.165, 1.54) is 10.4 Å². The van der Waals surface area contributed by atoms with Crippen molar-refractivity contribution in [2.75, 3.05) is 19.6 Å². The minimum atomic E-state index is 0.0170. The smallest absolute Gasteiger partial charge is 0.255 e. The van der Waals surface area contributed by atoms with Crippen LogP contribution < -0.4 is 0 Å². The van der Waals surface area contributed by atoms with E-state index >= 15 is 0 Å². The van der Waals surface area contributed by atoms with E-state index in [4.69, 9.17) is 0 Å². The normalized spacial score (nSPS) is 20.2. The third kappa shape index (κ3) is 3.02. The summed E-state index contributed by atoms with van der Waals surface area (Å²) in [5.74, 6) is 0.0964. The van der Waals surface area contributed by atoms with Crippen LogP contribution in [0, 0.1) is 0 Å². The van der Waals surface area contributed by atoms with Crippen molar-refractivity contribution in [1.29, 1.82) is 0 Å². The summed E-state index contributed by atoms with van der Waals surface area (Å²) in [6.45, 7) is 3.76. The lowest BCUT2D eigenvalue weighted by molar-refractivity contribution is -0.135. The molecule has 6 heteroatoms. The second-order valence-corrected chi connectivity index (χ2v) is 8.65. The highest BCUT2D eigenvalue weighted by molar-refractivity contribution is 7.10. The summed E-state index contributed by atoms with van der Waals surface area (Å²) in [6.07, 6.45) is 3.71. The summed E-state index contributed by atoms with van der Waals surface area (Å²) in [6, 6.07) is 4.21. The van der Waals surface area contributed by atoms with Crippen LogP contribution in [0.2, 0.25) is 0 Å². The summed E-state index contributed by atoms with van der Waals surface area (Å²) in [7, 11) is 0. The first-order valence-electron chi connectivity index (χ1n) is 8.90. The number of carbonyl (C=O) groups excluding carboxylic acids is 2. The molecule has 0 aliphatic carbocycles. The molecular formula is C19H22N2O2S2. The number of amides is 2. The van der Waals surface area contributed by atoms with E-state index in [-0.39, 0.29) is 24.4 Å². The van der Waals surface area contributed by atoms with Crippen LogP contribution in [-0.4, -0.2) is 41.2 Å². The van der Waals surface area contributed by atoms with Gasteiger partial charge in [-0.2, -0.15) is 0 Å². The Morgan fingerprint density at radius 2 is 1.96 bits per heavy atom. The first kappa shape index (κ1) is 16.8. The van der Waals surface area contributed by atoms with Crippen molar-refractivity contribution in [3.05, 3.63) is 43.8 Å². The summed E-state index contributed by atoms with van der Waals surface area (Å²) in [5, 5.41) is 4.10. The molecule has 132 valence electrons. The molecule has 0 aromatic carbocycles. The monoisotopic (exact) mass is 374 g/mol. The zero-order valence-corrected chi connectivity index (χ0v) is 16.0. The molecule has 2 aromatic rings. The predicted octanol–water partition coefficient (Wildman–Crippen LogP) is 3.73. The maximum absolute atomic E-state index is 13.0. The van der Waals surface area contributed by atoms with E-state index in [1.54, 1.807) is 27.6 Å². The number of nitrogens with zero attached hydrogens (tertiary/aromatic N) is 2. The first-order chi connectivity index (χ1) is 12.2. The van der Waals surface area contributed by atoms with E-state index in [1.807, 2.05) is 16.3 Å². The lowest BCUT2D eigenvalue weighted by Gasteiger charge is -2.36. The van der Waals surface area contributed by atoms with Crippen LogP contribution in [-0.2, 0) is 17.6 Å². The van der Waals surface area contributed by atoms with Gasteiger partial charge in [0.05, 0.1) is 11.6 Å². The van der Waals surface area contributed by atoms with Crippen molar-refractivity contribution in [2.24, 2.45) is 0 Å². The van der Waals surface area contributed by atoms with E-state index in [9.17, 15) is 9.59 Å². The number of aryl methyl sites for hydroxylation is 1. The maximum Gasteiger partial charge on any atom is 0.255 e. The van der Waals surface area contributed by atoms with Crippen LogP contribution in [0.15, 0.2) is 22.9 Å². The number of hydrogen-bond acceptors (Lipinski definition) is 4. The Bertz CT molecular complexity index is 795. The van der Waals surface area contributed by atoms with E-state index in [0.29, 0.717) is 6.54 Å². The fourth-order valence-electron chi connectivity index (χ4n) is 3.97. The molecule has 2 aliphatic heterocycles. The Labute approximate surface area is 156 Å². The van der Waals surface area contributed by atoms with Gasteiger partial charge in [-0.1, -0.05) is 6.92 Å². The van der Waals surface area contributed by atoms with Gasteiger partial charge in [-0.3, -0.25) is 9.59 Å². The molecule has 0 unspecified atom stereocenters. The topological polar surface area (TPSA) is 40.6 Å². The highest BCUT2D eigenvalue weighted by Gasteiger charge is 2.32. The number of thiophene rings is 2. The second kappa shape index (κ2) is 6.92. The van der Waals surface area contributed by atoms with Crippen molar-refractivity contribution in [3.63, 3.8) is 0 Å². The van der Waals surface area contributed by atoms with Crippen LogP contribution in [0.1, 0.15) is 51.5 Å². The zero-order chi connectivity index (χ0) is 17.4. The van der Waals surface area contributed by atoms with Crippen LogP contribution in [0.25, 0.3) is 0 Å². The fraction of sp³-hybridized carbons (Fsp3) is 0.474. The molecule has 1 atom stereocenters. The van der Waals surface area contributed by atoms with E-state index in [2.05, 4.69) is 18.4 Å². The highest BCUT2D eigenvalue weighted by atomic mass is 32.1. The number of rotatable bonds is 3. The Balaban J connectivity index is 1.51. The molecule has 0 saturated carbocycles. The first-order valence-corrected chi connectivity index (χ1v) is 10.7. The maximum atomic E-state index is 13.0. The van der Waals surface area contributed by atoms with Gasteiger partial charge in [-0.05, 0) is 54.1 Å². The standard InChI is InChI=1S/C19H22N2O2S2/c1-2-15-13-6-10-25-17(13)5-9-21(15)18(22)12-20-8-3-4-16-14(19(20)23)7-11-24-16/h6-7,10-11,15H,2-5,8-9,12H2,1H3/t15-/m0/s1. The van der Waals surface area contributed by atoms with Crippen LogP contribution in [0.4, 0.5) is 0 Å². The molecule has 2 aliphatic rings. The molecule has 4 heterocycles. The lowest BCUT2D eigenvalue weighted by Crippen LogP contribution is -2.46. The number of carbonyl (C=O) groups is 2. The summed E-state index contributed by atoms with van der Waals surface area (Å²) >= 11 is 3.44. The molecule has 0 saturated heterocycles. The van der Waals surface area contributed by atoms with Crippen LogP contribution >= 0.6 is 22.7 Å². The fourth-order valence-corrected chi connectivity index (χ4v) is 5.81. The molecule has 2 amide bonds. The van der Waals surface area contributed by atoms with Crippen molar-refractivity contribution in [3.8, 4) is 0 Å². The summed E-state index contributed by atoms with van der Waals surface area (Å²) in [4.78, 5) is 32.1. The average molecular weight is 375 g/mol. The number of fused-ring (bicyclic) bond motifs is 2. The lowest BCUT2D eigenvalue weighted by atomic mass is 9.97. The van der Waals surface area contributed by atoms with Gasteiger partial charge in [0.1, 0.15) is 6.54 Å². The predicted molar refractivity (Wildman–Crippen MR) is 101 cm³/mol. The summed E-state index contributed by atoms with van der Waals surface area (Å²) < 4.78 is 0. The molecule has 0 fully saturated rings. The second-order valence-electron chi connectivity index (χ2n) is 6.65. The van der Waals surface area contributed by atoms with Crippen molar-refractivity contribution in [1.82, 2.24) is 9.80 Å². The molecule has 0 spiro atoms. The quantitative estimate of drug-likeness (QED) is 0.821. The molecule has 2 aromatic heterocycles. The van der Waals surface area contributed by atoms with Gasteiger partial charge in [0, 0.05) is 22.8 Å². The molecular weight excluding hydrogens is 352 g/mol. The SMILES string of the molecule is CC[C@H]1c2ccsc2CCN1C(=O)CN1CCCc2sccc2C1=O. The molecule has 4 rings (SSSR count).